The number of hydrogen-bond acceptors (Lipinski definition) is 4. The number of aromatic nitrogens is 2. The van der Waals surface area contributed by atoms with Gasteiger partial charge in [0.15, 0.2) is 0 Å². The Labute approximate surface area is 140 Å². The van der Waals surface area contributed by atoms with E-state index in [1.54, 1.807) is 11.2 Å². The van der Waals surface area contributed by atoms with E-state index in [4.69, 9.17) is 9.47 Å². The summed E-state index contributed by atoms with van der Waals surface area (Å²) in [5.41, 5.74) is 3.25. The Balaban J connectivity index is 1.64. The largest absolute Gasteiger partial charge is 0.493 e. The minimum absolute atomic E-state index is 0.0332. The summed E-state index contributed by atoms with van der Waals surface area (Å²) in [5.74, 6) is 2.24. The van der Waals surface area contributed by atoms with Gasteiger partial charge in [-0.15, -0.1) is 0 Å². The molecule has 126 valence electrons. The molecule has 6 heteroatoms. The monoisotopic (exact) mass is 327 g/mol. The summed E-state index contributed by atoms with van der Waals surface area (Å²) in [5, 5.41) is 0. The summed E-state index contributed by atoms with van der Waals surface area (Å²) < 4.78 is 10.9. The van der Waals surface area contributed by atoms with Crippen molar-refractivity contribution in [2.45, 2.75) is 18.8 Å². The maximum Gasteiger partial charge on any atom is 0.252 e. The summed E-state index contributed by atoms with van der Waals surface area (Å²) in [6.45, 7) is 3.40. The van der Waals surface area contributed by atoms with Gasteiger partial charge in [-0.1, -0.05) is 0 Å². The van der Waals surface area contributed by atoms with Gasteiger partial charge in [-0.05, 0) is 25.1 Å². The fraction of sp³-hybridized carbons (Fsp3) is 0.444. The van der Waals surface area contributed by atoms with Gasteiger partial charge < -0.3 is 19.4 Å². The highest BCUT2D eigenvalue weighted by Gasteiger charge is 2.56. The molecule has 4 rings (SSSR count). The molecule has 2 heterocycles. The molecule has 3 atom stereocenters. The van der Waals surface area contributed by atoms with Crippen molar-refractivity contribution in [2.24, 2.45) is 5.92 Å². The average Bonchev–Trinajstić information content (AvgIpc) is 3.08. The lowest BCUT2D eigenvalue weighted by atomic mass is 10.0. The van der Waals surface area contributed by atoms with Gasteiger partial charge in [0.2, 0.25) is 0 Å². The maximum atomic E-state index is 12.2. The Morgan fingerprint density at radius 2 is 2.33 bits per heavy atom. The Morgan fingerprint density at radius 1 is 1.46 bits per heavy atom. The first kappa shape index (κ1) is 15.2. The number of hydrogen-bond donors (Lipinski definition) is 1. The van der Waals surface area contributed by atoms with E-state index in [1.807, 2.05) is 25.3 Å². The molecule has 1 aliphatic carbocycles. The minimum Gasteiger partial charge on any atom is -0.493 e. The Morgan fingerprint density at radius 3 is 3.04 bits per heavy atom. The zero-order chi connectivity index (χ0) is 16.7. The van der Waals surface area contributed by atoms with Crippen molar-refractivity contribution >= 4 is 11.6 Å². The molecule has 1 amide bonds. The van der Waals surface area contributed by atoms with Crippen molar-refractivity contribution in [1.29, 1.82) is 0 Å². The minimum atomic E-state index is -0.0332. The molecule has 2 aliphatic rings. The molecule has 3 unspecified atom stereocenters. The molecule has 1 saturated carbocycles. The molecule has 2 aromatic rings. The van der Waals surface area contributed by atoms with E-state index in [0.29, 0.717) is 24.3 Å². The van der Waals surface area contributed by atoms with Crippen LogP contribution < -0.4 is 9.64 Å². The lowest BCUT2D eigenvalue weighted by Crippen LogP contribution is -2.33. The van der Waals surface area contributed by atoms with Gasteiger partial charge in [-0.3, -0.25) is 4.79 Å². The Kier molecular flexibility index (Phi) is 3.76. The van der Waals surface area contributed by atoms with Crippen LogP contribution in [0.1, 0.15) is 30.0 Å². The molecule has 1 aromatic carbocycles. The molecular formula is C18H21N3O3. The number of rotatable bonds is 5. The summed E-state index contributed by atoms with van der Waals surface area (Å²) in [4.78, 5) is 21.4. The van der Waals surface area contributed by atoms with Crippen LogP contribution in [-0.4, -0.2) is 42.7 Å². The van der Waals surface area contributed by atoms with Crippen LogP contribution in [0.5, 0.6) is 5.75 Å². The number of imidazole rings is 1. The van der Waals surface area contributed by atoms with Gasteiger partial charge in [0.25, 0.3) is 5.91 Å². The number of nitrogens with zero attached hydrogens (tertiary/aromatic N) is 2. The number of fused-ring (bicyclic) bond motifs is 3. The third kappa shape index (κ3) is 2.38. The van der Waals surface area contributed by atoms with Crippen molar-refractivity contribution < 1.29 is 14.3 Å². The molecule has 6 nitrogen and oxygen atoms in total. The normalized spacial score (nSPS) is 23.8. The van der Waals surface area contributed by atoms with E-state index in [2.05, 4.69) is 16.0 Å². The number of carbonyl (C=O) groups excluding carboxylic acids is 1. The molecule has 0 radical (unpaired) electrons. The molecule has 1 fully saturated rings. The summed E-state index contributed by atoms with van der Waals surface area (Å²) in [7, 11) is 1.54. The maximum absolute atomic E-state index is 12.2. The number of ether oxygens (including phenoxy) is 2. The van der Waals surface area contributed by atoms with Gasteiger partial charge in [-0.2, -0.15) is 0 Å². The van der Waals surface area contributed by atoms with Crippen LogP contribution in [0, 0.1) is 5.92 Å². The predicted octanol–water partition coefficient (Wildman–Crippen LogP) is 2.30. The first-order chi connectivity index (χ1) is 11.7. The van der Waals surface area contributed by atoms with Crippen LogP contribution in [0.15, 0.2) is 30.7 Å². The molecule has 1 N–H and O–H groups in total. The highest BCUT2D eigenvalue weighted by atomic mass is 16.5. The number of carbonyl (C=O) groups is 1. The standard InChI is InChI=1S/C18H21N3O3/c1-3-21(16(22)9-23-2)11-4-5-15-12(6-11)17-13(8-24-15)18(17)14-7-19-10-20-14/h4-7,10,13,17-18H,3,8-9H2,1-2H3,(H,19,20). The van der Waals surface area contributed by atoms with Crippen LogP contribution in [-0.2, 0) is 9.53 Å². The second kappa shape index (κ2) is 5.94. The van der Waals surface area contributed by atoms with Gasteiger partial charge in [0, 0.05) is 54.5 Å². The van der Waals surface area contributed by atoms with Crippen molar-refractivity contribution in [3.63, 3.8) is 0 Å². The number of nitrogens with one attached hydrogen (secondary N) is 1. The van der Waals surface area contributed by atoms with Gasteiger partial charge in [0.1, 0.15) is 12.4 Å². The number of H-pyrrole nitrogens is 1. The molecular weight excluding hydrogens is 306 g/mol. The molecule has 24 heavy (non-hydrogen) atoms. The summed E-state index contributed by atoms with van der Waals surface area (Å²) in [6.07, 6.45) is 3.62. The second-order valence-corrected chi connectivity index (χ2v) is 6.33. The number of anilines is 1. The van der Waals surface area contributed by atoms with E-state index in [9.17, 15) is 4.79 Å². The SMILES string of the molecule is CCN(C(=O)COC)c1ccc2c(c1)C1C(CO2)C1c1cnc[nH]1. The highest BCUT2D eigenvalue weighted by molar-refractivity contribution is 5.94. The van der Waals surface area contributed by atoms with Crippen molar-refractivity contribution in [3.05, 3.63) is 42.0 Å². The van der Waals surface area contributed by atoms with E-state index < -0.39 is 0 Å². The van der Waals surface area contributed by atoms with Crippen LogP contribution in [0.25, 0.3) is 0 Å². The number of aromatic amines is 1. The topological polar surface area (TPSA) is 67.5 Å². The lowest BCUT2D eigenvalue weighted by Gasteiger charge is -2.24. The van der Waals surface area contributed by atoms with Crippen LogP contribution >= 0.6 is 0 Å². The third-order valence-corrected chi connectivity index (χ3v) is 5.03. The molecule has 1 aliphatic heterocycles. The molecule has 1 aromatic heterocycles. The molecule has 0 spiro atoms. The lowest BCUT2D eigenvalue weighted by molar-refractivity contribution is -0.122. The smallest absolute Gasteiger partial charge is 0.252 e. The van der Waals surface area contributed by atoms with Crippen molar-refractivity contribution in [3.8, 4) is 5.75 Å². The summed E-state index contributed by atoms with van der Waals surface area (Å²) in [6, 6.07) is 6.02. The van der Waals surface area contributed by atoms with E-state index in [0.717, 1.165) is 23.7 Å². The zero-order valence-electron chi connectivity index (χ0n) is 13.9. The second-order valence-electron chi connectivity index (χ2n) is 6.33. The first-order valence-electron chi connectivity index (χ1n) is 8.29. The van der Waals surface area contributed by atoms with E-state index in [-0.39, 0.29) is 12.5 Å². The molecule has 0 saturated heterocycles. The fourth-order valence-corrected chi connectivity index (χ4v) is 3.86. The number of likely N-dealkylation sites (N-methyl/N-ethyl adjacent to an activating group) is 1. The van der Waals surface area contributed by atoms with E-state index >= 15 is 0 Å². The number of methoxy groups -OCH3 is 1. The van der Waals surface area contributed by atoms with Crippen LogP contribution in [0.2, 0.25) is 0 Å². The summed E-state index contributed by atoms with van der Waals surface area (Å²) >= 11 is 0. The van der Waals surface area contributed by atoms with Gasteiger partial charge in [-0.25, -0.2) is 4.98 Å². The Bertz CT molecular complexity index is 744. The third-order valence-electron chi connectivity index (χ3n) is 5.03. The van der Waals surface area contributed by atoms with Crippen molar-refractivity contribution in [2.75, 3.05) is 31.8 Å². The average molecular weight is 327 g/mol. The predicted molar refractivity (Wildman–Crippen MR) is 89.4 cm³/mol. The number of benzene rings is 1. The number of amides is 1. The quantitative estimate of drug-likeness (QED) is 0.915. The molecule has 0 bridgehead atoms. The highest BCUT2D eigenvalue weighted by Crippen LogP contribution is 2.64. The van der Waals surface area contributed by atoms with Gasteiger partial charge in [0.05, 0.1) is 12.9 Å². The van der Waals surface area contributed by atoms with Crippen LogP contribution in [0.3, 0.4) is 0 Å². The van der Waals surface area contributed by atoms with Crippen molar-refractivity contribution in [1.82, 2.24) is 9.97 Å². The van der Waals surface area contributed by atoms with Gasteiger partial charge >= 0.3 is 0 Å². The fourth-order valence-electron chi connectivity index (χ4n) is 3.86. The van der Waals surface area contributed by atoms with E-state index in [1.165, 1.54) is 12.7 Å². The Hall–Kier alpha value is -2.34. The first-order valence-corrected chi connectivity index (χ1v) is 8.29. The zero-order valence-corrected chi connectivity index (χ0v) is 13.9. The van der Waals surface area contributed by atoms with Crippen LogP contribution in [0.4, 0.5) is 5.69 Å².